The number of nitrogens with zero attached hydrogens (tertiary/aromatic N) is 2. The van der Waals surface area contributed by atoms with Crippen molar-refractivity contribution < 1.29 is 19.1 Å². The largest absolute Gasteiger partial charge is 0.469 e. The molecule has 1 aromatic heterocycles. The SMILES string of the molecule is COC(=O)C[C@@H]1CCCN(c2ccc(C(=O)OC(C)(C)C)c(SC)n2)C1. The molecule has 0 aliphatic carbocycles. The first-order valence-corrected chi connectivity index (χ1v) is 10.1. The summed E-state index contributed by atoms with van der Waals surface area (Å²) in [6, 6.07) is 3.64. The lowest BCUT2D eigenvalue weighted by molar-refractivity contribution is -0.141. The number of piperidine rings is 1. The van der Waals surface area contributed by atoms with E-state index in [1.807, 2.05) is 33.1 Å². The van der Waals surface area contributed by atoms with E-state index in [4.69, 9.17) is 9.47 Å². The number of carbonyl (C=O) groups excluding carboxylic acids is 2. The fourth-order valence-corrected chi connectivity index (χ4v) is 3.57. The van der Waals surface area contributed by atoms with E-state index >= 15 is 0 Å². The molecule has 0 unspecified atom stereocenters. The van der Waals surface area contributed by atoms with Gasteiger partial charge in [0.1, 0.15) is 16.4 Å². The lowest BCUT2D eigenvalue weighted by Gasteiger charge is -2.33. The lowest BCUT2D eigenvalue weighted by Crippen LogP contribution is -2.37. The van der Waals surface area contributed by atoms with Crippen molar-refractivity contribution in [1.82, 2.24) is 4.98 Å². The molecular weight excluding hydrogens is 352 g/mol. The summed E-state index contributed by atoms with van der Waals surface area (Å²) in [5.41, 5.74) is -0.0568. The zero-order valence-electron chi connectivity index (χ0n) is 16.2. The molecule has 7 heteroatoms. The smallest absolute Gasteiger partial charge is 0.341 e. The minimum atomic E-state index is -0.542. The number of carbonyl (C=O) groups is 2. The minimum absolute atomic E-state index is 0.171. The third-order valence-electron chi connectivity index (χ3n) is 4.18. The first kappa shape index (κ1) is 20.6. The second kappa shape index (κ2) is 8.75. The first-order valence-electron chi connectivity index (χ1n) is 8.83. The summed E-state index contributed by atoms with van der Waals surface area (Å²) >= 11 is 1.43. The van der Waals surface area contributed by atoms with Crippen LogP contribution in [0.5, 0.6) is 0 Å². The monoisotopic (exact) mass is 380 g/mol. The number of hydrogen-bond donors (Lipinski definition) is 0. The van der Waals surface area contributed by atoms with Crippen molar-refractivity contribution in [2.75, 3.05) is 31.4 Å². The molecule has 2 heterocycles. The zero-order chi connectivity index (χ0) is 19.3. The van der Waals surface area contributed by atoms with Crippen LogP contribution in [-0.4, -0.2) is 49.0 Å². The Balaban J connectivity index is 2.15. The molecule has 0 bridgehead atoms. The number of anilines is 1. The van der Waals surface area contributed by atoms with Gasteiger partial charge in [-0.1, -0.05) is 0 Å². The van der Waals surface area contributed by atoms with E-state index in [0.29, 0.717) is 17.0 Å². The van der Waals surface area contributed by atoms with Crippen molar-refractivity contribution in [3.8, 4) is 0 Å². The summed E-state index contributed by atoms with van der Waals surface area (Å²) in [5, 5.41) is 0.659. The van der Waals surface area contributed by atoms with Crippen LogP contribution in [0.25, 0.3) is 0 Å². The predicted octanol–water partition coefficient (Wildman–Crippen LogP) is 3.54. The molecule has 6 nitrogen and oxygen atoms in total. The van der Waals surface area contributed by atoms with Crippen LogP contribution in [0.2, 0.25) is 0 Å². The van der Waals surface area contributed by atoms with Gasteiger partial charge in [0.15, 0.2) is 0 Å². The Labute approximate surface area is 159 Å². The number of ether oxygens (including phenoxy) is 2. The molecule has 1 saturated heterocycles. The van der Waals surface area contributed by atoms with Crippen molar-refractivity contribution in [3.05, 3.63) is 17.7 Å². The molecule has 1 atom stereocenters. The van der Waals surface area contributed by atoms with Crippen LogP contribution in [0.3, 0.4) is 0 Å². The van der Waals surface area contributed by atoms with Crippen molar-refractivity contribution in [2.24, 2.45) is 5.92 Å². The number of rotatable bonds is 5. The Kier molecular flexibility index (Phi) is 6.92. The minimum Gasteiger partial charge on any atom is -0.469 e. The third kappa shape index (κ3) is 5.62. The molecule has 1 aliphatic heterocycles. The summed E-state index contributed by atoms with van der Waals surface area (Å²) in [6.07, 6.45) is 4.34. The van der Waals surface area contributed by atoms with Gasteiger partial charge in [0, 0.05) is 19.5 Å². The van der Waals surface area contributed by atoms with E-state index in [2.05, 4.69) is 9.88 Å². The van der Waals surface area contributed by atoms with Crippen molar-refractivity contribution >= 4 is 29.5 Å². The quantitative estimate of drug-likeness (QED) is 0.572. The van der Waals surface area contributed by atoms with Gasteiger partial charge in [-0.25, -0.2) is 9.78 Å². The van der Waals surface area contributed by atoms with E-state index < -0.39 is 5.60 Å². The Morgan fingerprint density at radius 2 is 2.08 bits per heavy atom. The second-order valence-corrected chi connectivity index (χ2v) is 8.26. The van der Waals surface area contributed by atoms with Crippen LogP contribution in [0.4, 0.5) is 5.82 Å². The highest BCUT2D eigenvalue weighted by Gasteiger charge is 2.25. The van der Waals surface area contributed by atoms with Crippen molar-refractivity contribution in [1.29, 1.82) is 0 Å². The molecule has 0 radical (unpaired) electrons. The molecule has 144 valence electrons. The summed E-state index contributed by atoms with van der Waals surface area (Å²) in [5.74, 6) is 0.565. The fraction of sp³-hybridized carbons (Fsp3) is 0.632. The van der Waals surface area contributed by atoms with Gasteiger partial charge in [-0.05, 0) is 57.9 Å². The van der Waals surface area contributed by atoms with E-state index in [-0.39, 0.29) is 17.9 Å². The molecule has 0 aromatic carbocycles. The van der Waals surface area contributed by atoms with Crippen LogP contribution in [0.15, 0.2) is 17.2 Å². The van der Waals surface area contributed by atoms with Crippen LogP contribution in [0.1, 0.15) is 50.4 Å². The van der Waals surface area contributed by atoms with Gasteiger partial charge >= 0.3 is 11.9 Å². The number of esters is 2. The summed E-state index contributed by atoms with van der Waals surface area (Å²) in [6.45, 7) is 7.20. The molecular formula is C19H28N2O4S. The number of hydrogen-bond acceptors (Lipinski definition) is 7. The maximum atomic E-state index is 12.4. The highest BCUT2D eigenvalue weighted by atomic mass is 32.2. The summed E-state index contributed by atoms with van der Waals surface area (Å²) < 4.78 is 10.3. The molecule has 0 saturated carbocycles. The molecule has 1 aromatic rings. The molecule has 1 fully saturated rings. The average molecular weight is 381 g/mol. The normalized spacial score (nSPS) is 17.7. The van der Waals surface area contributed by atoms with Crippen LogP contribution in [-0.2, 0) is 14.3 Å². The highest BCUT2D eigenvalue weighted by Crippen LogP contribution is 2.28. The summed E-state index contributed by atoms with van der Waals surface area (Å²) in [4.78, 5) is 30.8. The molecule has 1 aliphatic rings. The van der Waals surface area contributed by atoms with E-state index in [1.54, 1.807) is 6.07 Å². The highest BCUT2D eigenvalue weighted by molar-refractivity contribution is 7.98. The molecule has 2 rings (SSSR count). The van der Waals surface area contributed by atoms with Crippen molar-refractivity contribution in [3.63, 3.8) is 0 Å². The molecule has 0 spiro atoms. The number of pyridine rings is 1. The Morgan fingerprint density at radius 1 is 1.35 bits per heavy atom. The summed E-state index contributed by atoms with van der Waals surface area (Å²) in [7, 11) is 1.42. The van der Waals surface area contributed by atoms with Gasteiger partial charge in [0.05, 0.1) is 12.7 Å². The van der Waals surface area contributed by atoms with Gasteiger partial charge in [0.2, 0.25) is 0 Å². The molecule has 0 amide bonds. The first-order chi connectivity index (χ1) is 12.2. The number of aromatic nitrogens is 1. The van der Waals surface area contributed by atoms with E-state index in [1.165, 1.54) is 18.9 Å². The predicted molar refractivity (Wildman–Crippen MR) is 103 cm³/mol. The van der Waals surface area contributed by atoms with Gasteiger partial charge in [-0.3, -0.25) is 4.79 Å². The second-order valence-electron chi connectivity index (χ2n) is 7.46. The Morgan fingerprint density at radius 3 is 2.69 bits per heavy atom. The fourth-order valence-electron chi connectivity index (χ4n) is 3.01. The number of methoxy groups -OCH3 is 1. The van der Waals surface area contributed by atoms with Gasteiger partial charge in [-0.2, -0.15) is 0 Å². The maximum Gasteiger partial charge on any atom is 0.341 e. The van der Waals surface area contributed by atoms with Gasteiger partial charge in [0.25, 0.3) is 0 Å². The molecule has 26 heavy (non-hydrogen) atoms. The van der Waals surface area contributed by atoms with Crippen LogP contribution in [0, 0.1) is 5.92 Å². The third-order valence-corrected chi connectivity index (χ3v) is 4.88. The van der Waals surface area contributed by atoms with Gasteiger partial charge in [-0.15, -0.1) is 11.8 Å². The maximum absolute atomic E-state index is 12.4. The number of thioether (sulfide) groups is 1. The average Bonchev–Trinajstić information content (AvgIpc) is 2.59. The van der Waals surface area contributed by atoms with E-state index in [9.17, 15) is 9.59 Å². The zero-order valence-corrected chi connectivity index (χ0v) is 17.0. The Bertz CT molecular complexity index is 657. The lowest BCUT2D eigenvalue weighted by atomic mass is 9.95. The standard InChI is InChI=1S/C19H28N2O4S/c1-19(2,3)25-18(23)14-8-9-15(20-17(14)26-5)21-10-6-7-13(12-21)11-16(22)24-4/h8-9,13H,6-7,10-12H2,1-5H3/t13-/m0/s1. The van der Waals surface area contributed by atoms with Crippen LogP contribution < -0.4 is 4.90 Å². The topological polar surface area (TPSA) is 68.7 Å². The Hall–Kier alpha value is -1.76. The van der Waals surface area contributed by atoms with Gasteiger partial charge < -0.3 is 14.4 Å². The van der Waals surface area contributed by atoms with Crippen LogP contribution >= 0.6 is 11.8 Å². The van der Waals surface area contributed by atoms with Crippen molar-refractivity contribution in [2.45, 2.75) is 50.7 Å². The van der Waals surface area contributed by atoms with E-state index in [0.717, 1.165) is 31.7 Å². The molecule has 0 N–H and O–H groups in total.